The van der Waals surface area contributed by atoms with Crippen LogP contribution in [0, 0.1) is 0 Å². The minimum absolute atomic E-state index is 0.166. The minimum atomic E-state index is -0.240. The van der Waals surface area contributed by atoms with Gasteiger partial charge in [-0.15, -0.1) is 5.10 Å². The lowest BCUT2D eigenvalue weighted by atomic mass is 9.98. The lowest BCUT2D eigenvalue weighted by molar-refractivity contribution is 0.100. The topological polar surface area (TPSA) is 99.2 Å². The van der Waals surface area contributed by atoms with E-state index in [1.165, 1.54) is 0 Å². The van der Waals surface area contributed by atoms with Gasteiger partial charge in [-0.1, -0.05) is 97.5 Å². The van der Waals surface area contributed by atoms with Crippen LogP contribution in [0.5, 0.6) is 0 Å². The van der Waals surface area contributed by atoms with E-state index in [0.717, 1.165) is 39.4 Å². The summed E-state index contributed by atoms with van der Waals surface area (Å²) in [5.74, 6) is 0.390. The standard InChI is InChI=1S/C29H25N7OS/c1-2-26-33-36(29(38-26)30-28(37)23-16-15-20-7-3-4-8-22(20)17-23)18-19-11-13-21(14-12-19)24-9-5-6-10-25(24)27-31-34-35-32-27/h3-17,26,33H,2,18H2,1H3,(H,31,32,34,35). The van der Waals surface area contributed by atoms with Crippen LogP contribution in [0.25, 0.3) is 33.3 Å². The number of amidine groups is 1. The third-order valence-corrected chi connectivity index (χ3v) is 7.72. The quantitative estimate of drug-likeness (QED) is 0.298. The number of thioether (sulfide) groups is 1. The Morgan fingerprint density at radius 1 is 0.947 bits per heavy atom. The lowest BCUT2D eigenvalue weighted by Gasteiger charge is -2.19. The maximum atomic E-state index is 13.1. The number of fused-ring (bicyclic) bond motifs is 1. The molecule has 8 nitrogen and oxygen atoms in total. The summed E-state index contributed by atoms with van der Waals surface area (Å²) >= 11 is 1.59. The van der Waals surface area contributed by atoms with Gasteiger partial charge in [-0.25, -0.2) is 10.5 Å². The zero-order chi connectivity index (χ0) is 25.9. The number of nitrogens with zero attached hydrogens (tertiary/aromatic N) is 5. The maximum absolute atomic E-state index is 13.1. The number of amides is 1. The summed E-state index contributed by atoms with van der Waals surface area (Å²) in [6, 6.07) is 30.1. The van der Waals surface area contributed by atoms with Crippen molar-refractivity contribution in [3.63, 3.8) is 0 Å². The van der Waals surface area contributed by atoms with Gasteiger partial charge in [-0.2, -0.15) is 4.99 Å². The van der Waals surface area contributed by atoms with Crippen LogP contribution < -0.4 is 5.43 Å². The van der Waals surface area contributed by atoms with Crippen LogP contribution >= 0.6 is 11.8 Å². The fourth-order valence-electron chi connectivity index (χ4n) is 4.48. The summed E-state index contributed by atoms with van der Waals surface area (Å²) in [4.78, 5) is 17.6. The van der Waals surface area contributed by atoms with Crippen LogP contribution in [0.15, 0.2) is 96.0 Å². The first-order chi connectivity index (χ1) is 18.7. The van der Waals surface area contributed by atoms with Crippen molar-refractivity contribution in [3.8, 4) is 22.5 Å². The Labute approximate surface area is 224 Å². The van der Waals surface area contributed by atoms with Crippen LogP contribution in [-0.2, 0) is 6.54 Å². The number of rotatable bonds is 6. The number of hydrazine groups is 1. The largest absolute Gasteiger partial charge is 0.281 e. The van der Waals surface area contributed by atoms with E-state index in [0.29, 0.717) is 23.1 Å². The molecule has 38 heavy (non-hydrogen) atoms. The molecule has 0 saturated carbocycles. The number of tetrazole rings is 1. The molecule has 0 aliphatic carbocycles. The molecule has 6 rings (SSSR count). The number of H-pyrrole nitrogens is 1. The molecule has 0 bridgehead atoms. The maximum Gasteiger partial charge on any atom is 0.279 e. The van der Waals surface area contributed by atoms with Gasteiger partial charge < -0.3 is 0 Å². The molecule has 1 unspecified atom stereocenters. The Morgan fingerprint density at radius 3 is 2.47 bits per heavy atom. The van der Waals surface area contributed by atoms with Gasteiger partial charge in [0.1, 0.15) is 0 Å². The predicted molar refractivity (Wildman–Crippen MR) is 151 cm³/mol. The molecule has 2 heterocycles. The van der Waals surface area contributed by atoms with Gasteiger partial charge in [0, 0.05) is 11.1 Å². The van der Waals surface area contributed by atoms with Gasteiger partial charge in [0.25, 0.3) is 5.91 Å². The van der Waals surface area contributed by atoms with Crippen molar-refractivity contribution < 1.29 is 4.79 Å². The summed E-state index contributed by atoms with van der Waals surface area (Å²) in [6.07, 6.45) is 0.913. The Bertz CT molecular complexity index is 1620. The van der Waals surface area contributed by atoms with Crippen molar-refractivity contribution in [1.82, 2.24) is 31.1 Å². The summed E-state index contributed by atoms with van der Waals surface area (Å²) < 4.78 is 0. The molecule has 4 aromatic carbocycles. The minimum Gasteiger partial charge on any atom is -0.281 e. The van der Waals surface area contributed by atoms with Crippen LogP contribution in [0.1, 0.15) is 29.3 Å². The number of hydrogen-bond acceptors (Lipinski definition) is 6. The Morgan fingerprint density at radius 2 is 1.71 bits per heavy atom. The third kappa shape index (κ3) is 4.93. The van der Waals surface area contributed by atoms with E-state index in [4.69, 9.17) is 0 Å². The molecule has 1 aliphatic heterocycles. The van der Waals surface area contributed by atoms with E-state index < -0.39 is 0 Å². The normalized spacial score (nSPS) is 16.4. The van der Waals surface area contributed by atoms with Crippen molar-refractivity contribution in [3.05, 3.63) is 102 Å². The third-order valence-electron chi connectivity index (χ3n) is 6.48. The number of aliphatic imine (C=N–C) groups is 1. The van der Waals surface area contributed by atoms with Gasteiger partial charge in [0.15, 0.2) is 11.0 Å². The molecule has 5 aromatic rings. The first-order valence-electron chi connectivity index (χ1n) is 12.4. The van der Waals surface area contributed by atoms with E-state index in [2.05, 4.69) is 68.3 Å². The SMILES string of the molecule is CCC1NN(Cc2ccc(-c3ccccc3-c3nnn[nH]3)cc2)C(=NC(=O)c2ccc3ccccc3c2)S1. The Balaban J connectivity index is 1.23. The number of aromatic amines is 1. The van der Waals surface area contributed by atoms with Gasteiger partial charge in [0.05, 0.1) is 11.9 Å². The van der Waals surface area contributed by atoms with Gasteiger partial charge >= 0.3 is 0 Å². The average Bonchev–Trinajstić information content (AvgIpc) is 3.64. The summed E-state index contributed by atoms with van der Waals surface area (Å²) in [6.45, 7) is 2.70. The molecule has 9 heteroatoms. The van der Waals surface area contributed by atoms with Crippen molar-refractivity contribution in [1.29, 1.82) is 0 Å². The fraction of sp³-hybridized carbons (Fsp3) is 0.138. The Hall–Kier alpha value is -4.34. The second-order valence-corrected chi connectivity index (χ2v) is 10.2. The zero-order valence-corrected chi connectivity index (χ0v) is 21.5. The predicted octanol–water partition coefficient (Wildman–Crippen LogP) is 5.67. The number of benzene rings is 4. The van der Waals surface area contributed by atoms with E-state index in [1.807, 2.05) is 65.7 Å². The van der Waals surface area contributed by atoms with E-state index >= 15 is 0 Å². The van der Waals surface area contributed by atoms with Crippen molar-refractivity contribution in [2.75, 3.05) is 0 Å². The van der Waals surface area contributed by atoms with Crippen molar-refractivity contribution in [2.24, 2.45) is 4.99 Å². The zero-order valence-electron chi connectivity index (χ0n) is 20.7. The highest BCUT2D eigenvalue weighted by Gasteiger charge is 2.28. The highest BCUT2D eigenvalue weighted by molar-refractivity contribution is 8.14. The number of nitrogens with one attached hydrogen (secondary N) is 2. The molecule has 1 aliphatic rings. The van der Waals surface area contributed by atoms with Crippen LogP contribution in [0.4, 0.5) is 0 Å². The molecular formula is C29H25N7OS. The fourth-order valence-corrected chi connectivity index (χ4v) is 5.46. The molecule has 1 atom stereocenters. The molecule has 1 fully saturated rings. The molecular weight excluding hydrogens is 494 g/mol. The van der Waals surface area contributed by atoms with E-state index in [-0.39, 0.29) is 11.3 Å². The van der Waals surface area contributed by atoms with E-state index in [1.54, 1.807) is 11.8 Å². The first-order valence-corrected chi connectivity index (χ1v) is 13.3. The monoisotopic (exact) mass is 519 g/mol. The molecule has 1 saturated heterocycles. The van der Waals surface area contributed by atoms with Gasteiger partial charge in [-0.05, 0) is 56.4 Å². The van der Waals surface area contributed by atoms with Crippen LogP contribution in [-0.4, -0.2) is 42.1 Å². The second-order valence-electron chi connectivity index (χ2n) is 8.98. The highest BCUT2D eigenvalue weighted by Crippen LogP contribution is 2.31. The van der Waals surface area contributed by atoms with Crippen molar-refractivity contribution in [2.45, 2.75) is 25.3 Å². The summed E-state index contributed by atoms with van der Waals surface area (Å²) in [5.41, 5.74) is 8.22. The molecule has 1 amide bonds. The second kappa shape index (κ2) is 10.6. The molecule has 188 valence electrons. The van der Waals surface area contributed by atoms with Crippen LogP contribution in [0.2, 0.25) is 0 Å². The van der Waals surface area contributed by atoms with Crippen molar-refractivity contribution >= 4 is 33.6 Å². The number of hydrogen-bond donors (Lipinski definition) is 2. The summed E-state index contributed by atoms with van der Waals surface area (Å²) in [5, 5.41) is 19.3. The Kier molecular flexibility index (Phi) is 6.68. The summed E-state index contributed by atoms with van der Waals surface area (Å²) in [7, 11) is 0. The van der Waals surface area contributed by atoms with Gasteiger partial charge in [-0.3, -0.25) is 9.80 Å². The molecule has 1 aromatic heterocycles. The highest BCUT2D eigenvalue weighted by atomic mass is 32.2. The molecule has 0 spiro atoms. The first kappa shape index (κ1) is 24.0. The number of carbonyl (C=O) groups excluding carboxylic acids is 1. The average molecular weight is 520 g/mol. The number of aromatic nitrogens is 4. The molecule has 0 radical (unpaired) electrons. The van der Waals surface area contributed by atoms with Crippen LogP contribution in [0.3, 0.4) is 0 Å². The lowest BCUT2D eigenvalue weighted by Crippen LogP contribution is -2.37. The number of carbonyl (C=O) groups is 1. The smallest absolute Gasteiger partial charge is 0.279 e. The molecule has 2 N–H and O–H groups in total. The van der Waals surface area contributed by atoms with Gasteiger partial charge in [0.2, 0.25) is 0 Å². The van der Waals surface area contributed by atoms with E-state index in [9.17, 15) is 4.79 Å².